The van der Waals surface area contributed by atoms with Gasteiger partial charge in [0.25, 0.3) is 10.1 Å². The van der Waals surface area contributed by atoms with Crippen molar-refractivity contribution in [2.45, 2.75) is 62.5 Å². The average Bonchev–Trinajstić information content (AvgIpc) is 2.32. The fourth-order valence-electron chi connectivity index (χ4n) is 5.55. The van der Waals surface area contributed by atoms with Gasteiger partial charge in [-0.25, -0.2) is 17.6 Å². The van der Waals surface area contributed by atoms with Crippen molar-refractivity contribution < 1.29 is 30.5 Å². The quantitative estimate of drug-likeness (QED) is 0.461. The molecule has 4 bridgehead atoms. The number of alkyl halides is 4. The number of hydrogen-bond acceptors (Lipinski definition) is 2. The van der Waals surface area contributed by atoms with Gasteiger partial charge in [0, 0.05) is 6.42 Å². The van der Waals surface area contributed by atoms with Crippen LogP contribution in [0.25, 0.3) is 0 Å². The summed E-state index contributed by atoms with van der Waals surface area (Å²) in [4.78, 5) is 0. The van der Waals surface area contributed by atoms with Gasteiger partial charge in [-0.1, -0.05) is 0 Å². The predicted molar refractivity (Wildman–Crippen MR) is 78.7 cm³/mol. The van der Waals surface area contributed by atoms with Crippen molar-refractivity contribution in [2.75, 3.05) is 0 Å². The molecule has 0 radical (unpaired) electrons. The fourth-order valence-corrected chi connectivity index (χ4v) is 6.90. The van der Waals surface area contributed by atoms with E-state index in [1.165, 1.54) is 0 Å². The summed E-state index contributed by atoms with van der Waals surface area (Å²) in [5.41, 5.74) is -0.958. The standard InChI is InChI=1S/C14H20F4O3S.Na.H/c15-12(16)14(17,18)7-11(22(19,20)21)13-4-8-1-9(5-13)3-10(2-8)6-13;;/h8-12H,1-7H2,(H,19,20,21);;. The van der Waals surface area contributed by atoms with Crippen LogP contribution in [0, 0.1) is 23.2 Å². The zero-order valence-electron chi connectivity index (χ0n) is 12.0. The van der Waals surface area contributed by atoms with Crippen molar-refractivity contribution in [3.05, 3.63) is 0 Å². The fraction of sp³-hybridized carbons (Fsp3) is 1.00. The van der Waals surface area contributed by atoms with E-state index in [-0.39, 0.29) is 47.3 Å². The van der Waals surface area contributed by atoms with Gasteiger partial charge in [0.15, 0.2) is 0 Å². The van der Waals surface area contributed by atoms with Crippen LogP contribution in [0.2, 0.25) is 0 Å². The Morgan fingerprint density at radius 2 is 1.43 bits per heavy atom. The Morgan fingerprint density at radius 1 is 1.04 bits per heavy atom. The summed E-state index contributed by atoms with van der Waals surface area (Å²) >= 11 is 0. The van der Waals surface area contributed by atoms with E-state index >= 15 is 0 Å². The molecule has 1 N–H and O–H groups in total. The molecule has 0 heterocycles. The molecule has 3 nitrogen and oxygen atoms in total. The molecule has 4 aliphatic carbocycles. The average molecular weight is 368 g/mol. The number of hydrogen-bond donors (Lipinski definition) is 1. The van der Waals surface area contributed by atoms with Crippen LogP contribution in [0.15, 0.2) is 0 Å². The topological polar surface area (TPSA) is 54.4 Å². The van der Waals surface area contributed by atoms with Crippen LogP contribution in [-0.4, -0.2) is 60.1 Å². The second-order valence-corrected chi connectivity index (χ2v) is 9.15. The molecule has 0 aromatic heterocycles. The van der Waals surface area contributed by atoms with Gasteiger partial charge in [0.1, 0.15) is 0 Å². The Bertz CT molecular complexity index is 517. The zero-order chi connectivity index (χ0) is 16.3. The molecule has 0 aliphatic heterocycles. The molecule has 4 saturated carbocycles. The van der Waals surface area contributed by atoms with Crippen molar-refractivity contribution in [1.29, 1.82) is 0 Å². The molecule has 0 amide bonds. The molecular formula is C14H21F4NaO3S. The van der Waals surface area contributed by atoms with E-state index in [0.29, 0.717) is 19.3 Å². The van der Waals surface area contributed by atoms with E-state index in [9.17, 15) is 30.5 Å². The summed E-state index contributed by atoms with van der Waals surface area (Å²) in [7, 11) is -4.81. The van der Waals surface area contributed by atoms with Gasteiger partial charge in [-0.05, 0) is 61.7 Å². The first-order valence-electron chi connectivity index (χ1n) is 7.64. The van der Waals surface area contributed by atoms with E-state index in [1.54, 1.807) is 0 Å². The maximum atomic E-state index is 13.5. The Balaban J connectivity index is 0.00000192. The van der Waals surface area contributed by atoms with E-state index < -0.39 is 39.6 Å². The van der Waals surface area contributed by atoms with Gasteiger partial charge in [-0.2, -0.15) is 8.42 Å². The van der Waals surface area contributed by atoms with E-state index in [4.69, 9.17) is 0 Å². The molecule has 0 spiro atoms. The van der Waals surface area contributed by atoms with Crippen LogP contribution in [-0.2, 0) is 10.1 Å². The third-order valence-electron chi connectivity index (χ3n) is 5.90. The van der Waals surface area contributed by atoms with Crippen LogP contribution in [0.5, 0.6) is 0 Å². The van der Waals surface area contributed by atoms with E-state index in [0.717, 1.165) is 19.3 Å². The summed E-state index contributed by atoms with van der Waals surface area (Å²) in [5, 5.41) is -1.79. The summed E-state index contributed by atoms with van der Waals surface area (Å²) in [5.74, 6) is -3.58. The summed E-state index contributed by atoms with van der Waals surface area (Å²) in [6.45, 7) is 0. The second-order valence-electron chi connectivity index (χ2n) is 7.55. The molecular weight excluding hydrogens is 347 g/mol. The Hall–Kier alpha value is 0.630. The second kappa shape index (κ2) is 6.41. The Morgan fingerprint density at radius 3 is 1.74 bits per heavy atom. The summed E-state index contributed by atoms with van der Waals surface area (Å²) in [6, 6.07) is 0. The molecule has 1 atom stereocenters. The maximum absolute atomic E-state index is 13.5. The number of halogens is 4. The SMILES string of the molecule is O=S(=O)(O)C(CC(F)(F)C(F)F)C12CC3CC(CC(C3)C1)C2.[NaH]. The van der Waals surface area contributed by atoms with Crippen LogP contribution in [0.4, 0.5) is 17.6 Å². The van der Waals surface area contributed by atoms with Crippen LogP contribution >= 0.6 is 0 Å². The zero-order valence-corrected chi connectivity index (χ0v) is 12.8. The van der Waals surface area contributed by atoms with Gasteiger partial charge < -0.3 is 0 Å². The summed E-state index contributed by atoms with van der Waals surface area (Å²) in [6.07, 6.45) is -1.19. The minimum absolute atomic E-state index is 0. The van der Waals surface area contributed by atoms with Gasteiger partial charge in [0.05, 0.1) is 5.25 Å². The predicted octanol–water partition coefficient (Wildman–Crippen LogP) is 3.10. The first-order chi connectivity index (χ1) is 10.0. The monoisotopic (exact) mass is 368 g/mol. The van der Waals surface area contributed by atoms with Gasteiger partial charge in [-0.3, -0.25) is 4.55 Å². The minimum atomic E-state index is -4.81. The van der Waals surface area contributed by atoms with Crippen LogP contribution < -0.4 is 0 Å². The third kappa shape index (κ3) is 3.76. The van der Waals surface area contributed by atoms with Crippen molar-refractivity contribution >= 4 is 39.7 Å². The Kier molecular flexibility index (Phi) is 5.56. The summed E-state index contributed by atoms with van der Waals surface area (Å²) < 4.78 is 84.9. The van der Waals surface area contributed by atoms with Crippen molar-refractivity contribution in [2.24, 2.45) is 23.2 Å². The Labute approximate surface area is 155 Å². The first kappa shape index (κ1) is 19.9. The third-order valence-corrected chi connectivity index (χ3v) is 7.29. The van der Waals surface area contributed by atoms with Gasteiger partial charge in [0.2, 0.25) is 0 Å². The van der Waals surface area contributed by atoms with Crippen molar-refractivity contribution in [3.63, 3.8) is 0 Å². The van der Waals surface area contributed by atoms with Crippen LogP contribution in [0.1, 0.15) is 44.9 Å². The normalized spacial score (nSPS) is 37.7. The molecule has 23 heavy (non-hydrogen) atoms. The molecule has 130 valence electrons. The van der Waals surface area contributed by atoms with Gasteiger partial charge >= 0.3 is 41.9 Å². The molecule has 4 fully saturated rings. The molecule has 4 aliphatic rings. The van der Waals surface area contributed by atoms with E-state index in [2.05, 4.69) is 0 Å². The van der Waals surface area contributed by atoms with Crippen LogP contribution in [0.3, 0.4) is 0 Å². The molecule has 9 heteroatoms. The first-order valence-corrected chi connectivity index (χ1v) is 9.14. The molecule has 0 aromatic carbocycles. The molecule has 1 unspecified atom stereocenters. The number of rotatable bonds is 5. The molecule has 4 rings (SSSR count). The van der Waals surface area contributed by atoms with E-state index in [1.807, 2.05) is 0 Å². The molecule has 0 saturated heterocycles. The molecule has 0 aromatic rings. The van der Waals surface area contributed by atoms with Crippen molar-refractivity contribution in [3.8, 4) is 0 Å². The van der Waals surface area contributed by atoms with Crippen molar-refractivity contribution in [1.82, 2.24) is 0 Å². The van der Waals surface area contributed by atoms with Gasteiger partial charge in [-0.15, -0.1) is 0 Å².